The Labute approximate surface area is 106 Å². The molecule has 3 heteroatoms. The zero-order chi connectivity index (χ0) is 12.7. The van der Waals surface area contributed by atoms with Crippen LogP contribution in [0.4, 0.5) is 0 Å². The average molecular weight is 240 g/mol. The van der Waals surface area contributed by atoms with Crippen LogP contribution < -0.4 is 11.1 Å². The molecule has 1 amide bonds. The first kappa shape index (κ1) is 14.5. The summed E-state index contributed by atoms with van der Waals surface area (Å²) in [6.45, 7) is 4.37. The van der Waals surface area contributed by atoms with E-state index in [2.05, 4.69) is 19.2 Å². The van der Waals surface area contributed by atoms with E-state index >= 15 is 0 Å². The van der Waals surface area contributed by atoms with Gasteiger partial charge in [0, 0.05) is 18.0 Å². The van der Waals surface area contributed by atoms with E-state index in [-0.39, 0.29) is 17.9 Å². The molecule has 0 heterocycles. The van der Waals surface area contributed by atoms with Crippen LogP contribution in [0.2, 0.25) is 0 Å². The molecule has 0 saturated heterocycles. The van der Waals surface area contributed by atoms with Crippen molar-refractivity contribution in [2.45, 2.75) is 77.3 Å². The van der Waals surface area contributed by atoms with Gasteiger partial charge in [0.2, 0.25) is 5.91 Å². The van der Waals surface area contributed by atoms with Crippen LogP contribution in [0.5, 0.6) is 0 Å². The van der Waals surface area contributed by atoms with Gasteiger partial charge in [0.15, 0.2) is 0 Å². The van der Waals surface area contributed by atoms with Crippen molar-refractivity contribution in [2.24, 2.45) is 11.7 Å². The van der Waals surface area contributed by atoms with Crippen LogP contribution in [0.15, 0.2) is 0 Å². The molecule has 0 aliphatic heterocycles. The highest BCUT2D eigenvalue weighted by Gasteiger charge is 2.28. The quantitative estimate of drug-likeness (QED) is 0.718. The minimum atomic E-state index is 0.172. The van der Waals surface area contributed by atoms with Crippen molar-refractivity contribution in [1.82, 2.24) is 5.32 Å². The van der Waals surface area contributed by atoms with Gasteiger partial charge in [0.05, 0.1) is 0 Å². The van der Waals surface area contributed by atoms with Crippen molar-refractivity contribution in [3.63, 3.8) is 0 Å². The van der Waals surface area contributed by atoms with Crippen LogP contribution >= 0.6 is 0 Å². The number of hydrogen-bond donors (Lipinski definition) is 2. The normalized spacial score (nSPS) is 25.8. The molecule has 0 bridgehead atoms. The van der Waals surface area contributed by atoms with Gasteiger partial charge < -0.3 is 11.1 Å². The molecule has 0 aromatic carbocycles. The van der Waals surface area contributed by atoms with Gasteiger partial charge in [-0.3, -0.25) is 4.79 Å². The molecule has 0 spiro atoms. The van der Waals surface area contributed by atoms with Crippen molar-refractivity contribution >= 4 is 5.91 Å². The highest BCUT2D eigenvalue weighted by atomic mass is 16.1. The molecule has 0 aromatic heterocycles. The highest BCUT2D eigenvalue weighted by Crippen LogP contribution is 2.24. The second-order valence-electron chi connectivity index (χ2n) is 5.41. The maximum absolute atomic E-state index is 12.1. The van der Waals surface area contributed by atoms with Crippen LogP contribution in [0, 0.1) is 5.92 Å². The molecule has 3 unspecified atom stereocenters. The molecule has 0 radical (unpaired) electrons. The summed E-state index contributed by atoms with van der Waals surface area (Å²) in [5, 5.41) is 3.22. The summed E-state index contributed by atoms with van der Waals surface area (Å²) in [4.78, 5) is 12.1. The maximum Gasteiger partial charge on any atom is 0.223 e. The van der Waals surface area contributed by atoms with Gasteiger partial charge in [-0.1, -0.05) is 33.1 Å². The molecule has 17 heavy (non-hydrogen) atoms. The molecule has 3 nitrogen and oxygen atoms in total. The van der Waals surface area contributed by atoms with Crippen LogP contribution in [0.1, 0.15) is 65.2 Å². The number of carbonyl (C=O) groups is 1. The molecule has 0 aromatic rings. The summed E-state index contributed by atoms with van der Waals surface area (Å²) in [5.74, 6) is 0.415. The first-order chi connectivity index (χ1) is 8.17. The second kappa shape index (κ2) is 7.70. The second-order valence-corrected chi connectivity index (χ2v) is 5.41. The molecular weight excluding hydrogens is 212 g/mol. The van der Waals surface area contributed by atoms with Crippen molar-refractivity contribution in [3.8, 4) is 0 Å². The number of rotatable bonds is 7. The van der Waals surface area contributed by atoms with Gasteiger partial charge >= 0.3 is 0 Å². The first-order valence-corrected chi connectivity index (χ1v) is 7.23. The molecule has 1 aliphatic carbocycles. The van der Waals surface area contributed by atoms with Gasteiger partial charge in [-0.15, -0.1) is 0 Å². The fraction of sp³-hybridized carbons (Fsp3) is 0.929. The zero-order valence-electron chi connectivity index (χ0n) is 11.4. The zero-order valence-corrected chi connectivity index (χ0v) is 11.4. The van der Waals surface area contributed by atoms with E-state index in [1.807, 2.05) is 0 Å². The van der Waals surface area contributed by atoms with Crippen molar-refractivity contribution in [1.29, 1.82) is 0 Å². The monoisotopic (exact) mass is 240 g/mol. The van der Waals surface area contributed by atoms with Gasteiger partial charge in [-0.25, -0.2) is 0 Å². The van der Waals surface area contributed by atoms with Crippen molar-refractivity contribution in [2.75, 3.05) is 0 Å². The summed E-state index contributed by atoms with van der Waals surface area (Å²) in [5.41, 5.74) is 5.85. The van der Waals surface area contributed by atoms with Crippen LogP contribution in [-0.2, 0) is 4.79 Å². The Morgan fingerprint density at radius 3 is 2.59 bits per heavy atom. The summed E-state index contributed by atoms with van der Waals surface area (Å²) in [7, 11) is 0. The molecule has 1 saturated carbocycles. The summed E-state index contributed by atoms with van der Waals surface area (Å²) < 4.78 is 0. The SMILES string of the molecule is CCCCC(CCC)NC(=O)C1CCC(N)C1. The Bertz CT molecular complexity index is 230. The topological polar surface area (TPSA) is 55.1 Å². The third-order valence-electron chi connectivity index (χ3n) is 3.73. The summed E-state index contributed by atoms with van der Waals surface area (Å²) in [6.07, 6.45) is 8.61. The van der Waals surface area contributed by atoms with E-state index in [9.17, 15) is 4.79 Å². The Balaban J connectivity index is 2.34. The predicted molar refractivity (Wildman–Crippen MR) is 71.7 cm³/mol. The van der Waals surface area contributed by atoms with E-state index in [4.69, 9.17) is 5.73 Å². The fourth-order valence-electron chi connectivity index (χ4n) is 2.66. The van der Waals surface area contributed by atoms with Crippen LogP contribution in [0.25, 0.3) is 0 Å². The number of amides is 1. The molecule has 1 fully saturated rings. The largest absolute Gasteiger partial charge is 0.353 e. The molecule has 3 atom stereocenters. The number of hydrogen-bond acceptors (Lipinski definition) is 2. The Morgan fingerprint density at radius 2 is 2.06 bits per heavy atom. The van der Waals surface area contributed by atoms with E-state index in [0.29, 0.717) is 6.04 Å². The highest BCUT2D eigenvalue weighted by molar-refractivity contribution is 5.79. The molecule has 100 valence electrons. The lowest BCUT2D eigenvalue weighted by Gasteiger charge is -2.20. The minimum Gasteiger partial charge on any atom is -0.353 e. The molecular formula is C14H28N2O. The van der Waals surface area contributed by atoms with E-state index in [0.717, 1.165) is 38.5 Å². The minimum absolute atomic E-state index is 0.172. The number of carbonyl (C=O) groups excluding carboxylic acids is 1. The van der Waals surface area contributed by atoms with Crippen molar-refractivity contribution in [3.05, 3.63) is 0 Å². The lowest BCUT2D eigenvalue weighted by Crippen LogP contribution is -2.38. The van der Waals surface area contributed by atoms with Gasteiger partial charge in [0.1, 0.15) is 0 Å². The van der Waals surface area contributed by atoms with E-state index in [1.54, 1.807) is 0 Å². The summed E-state index contributed by atoms with van der Waals surface area (Å²) >= 11 is 0. The van der Waals surface area contributed by atoms with Crippen molar-refractivity contribution < 1.29 is 4.79 Å². The fourth-order valence-corrected chi connectivity index (χ4v) is 2.66. The Kier molecular flexibility index (Phi) is 6.56. The third kappa shape index (κ3) is 5.07. The number of nitrogens with two attached hydrogens (primary N) is 1. The lowest BCUT2D eigenvalue weighted by molar-refractivity contribution is -0.125. The Hall–Kier alpha value is -0.570. The van der Waals surface area contributed by atoms with Crippen LogP contribution in [-0.4, -0.2) is 18.0 Å². The Morgan fingerprint density at radius 1 is 1.29 bits per heavy atom. The molecule has 3 N–H and O–H groups in total. The standard InChI is InChI=1S/C14H28N2O/c1-3-5-7-13(6-4-2)16-14(17)11-8-9-12(15)10-11/h11-13H,3-10,15H2,1-2H3,(H,16,17). The number of nitrogens with one attached hydrogen (secondary N) is 1. The molecule has 1 rings (SSSR count). The number of unbranched alkanes of at least 4 members (excludes halogenated alkanes) is 1. The van der Waals surface area contributed by atoms with Crippen LogP contribution in [0.3, 0.4) is 0 Å². The van der Waals surface area contributed by atoms with Gasteiger partial charge in [0.25, 0.3) is 0 Å². The maximum atomic E-state index is 12.1. The summed E-state index contributed by atoms with van der Waals surface area (Å²) in [6, 6.07) is 0.621. The first-order valence-electron chi connectivity index (χ1n) is 7.23. The van der Waals surface area contributed by atoms with Gasteiger partial charge in [-0.2, -0.15) is 0 Å². The van der Waals surface area contributed by atoms with E-state index in [1.165, 1.54) is 12.8 Å². The average Bonchev–Trinajstić information content (AvgIpc) is 2.73. The smallest absolute Gasteiger partial charge is 0.223 e. The molecule has 1 aliphatic rings. The van der Waals surface area contributed by atoms with E-state index < -0.39 is 0 Å². The lowest BCUT2D eigenvalue weighted by atomic mass is 10.0. The predicted octanol–water partition coefficient (Wildman–Crippen LogP) is 2.59. The third-order valence-corrected chi connectivity index (χ3v) is 3.73. The van der Waals surface area contributed by atoms with Gasteiger partial charge in [-0.05, 0) is 32.1 Å².